The second kappa shape index (κ2) is 6.69. The third-order valence-corrected chi connectivity index (χ3v) is 5.06. The molecule has 1 N–H and O–H groups in total. The second-order valence-corrected chi connectivity index (χ2v) is 6.78. The number of carbonyl (C=O) groups excluding carboxylic acids is 1. The fraction of sp³-hybridized carbons (Fsp3) is 0.227. The third kappa shape index (κ3) is 3.28. The summed E-state index contributed by atoms with van der Waals surface area (Å²) in [7, 11) is 2.03. The Labute approximate surface area is 148 Å². The monoisotopic (exact) mass is 330 g/mol. The first-order valence-corrected chi connectivity index (χ1v) is 8.77. The molecule has 0 spiro atoms. The SMILES string of the molecule is CN(CC(=O)Nc1ccc2ccccc2c1)[C@H]1CCc2ccccc21. The Morgan fingerprint density at radius 2 is 1.80 bits per heavy atom. The summed E-state index contributed by atoms with van der Waals surface area (Å²) in [4.78, 5) is 14.6. The van der Waals surface area contributed by atoms with Gasteiger partial charge in [0.2, 0.25) is 5.91 Å². The van der Waals surface area contributed by atoms with Crippen LogP contribution >= 0.6 is 0 Å². The molecule has 0 fully saturated rings. The van der Waals surface area contributed by atoms with Gasteiger partial charge in [0, 0.05) is 11.7 Å². The number of anilines is 1. The first-order valence-electron chi connectivity index (χ1n) is 8.77. The molecule has 4 rings (SSSR count). The minimum atomic E-state index is 0.0298. The van der Waals surface area contributed by atoms with Crippen LogP contribution in [0.3, 0.4) is 0 Å². The fourth-order valence-corrected chi connectivity index (χ4v) is 3.80. The van der Waals surface area contributed by atoms with Crippen LogP contribution < -0.4 is 5.32 Å². The number of aryl methyl sites for hydroxylation is 1. The van der Waals surface area contributed by atoms with Gasteiger partial charge in [0.05, 0.1) is 6.54 Å². The molecule has 0 aromatic heterocycles. The molecule has 1 amide bonds. The molecule has 3 aromatic carbocycles. The minimum absolute atomic E-state index is 0.0298. The van der Waals surface area contributed by atoms with Crippen LogP contribution in [0.1, 0.15) is 23.6 Å². The molecule has 25 heavy (non-hydrogen) atoms. The van der Waals surface area contributed by atoms with E-state index < -0.39 is 0 Å². The van der Waals surface area contributed by atoms with Gasteiger partial charge in [-0.1, -0.05) is 54.6 Å². The van der Waals surface area contributed by atoms with Gasteiger partial charge in [-0.2, -0.15) is 0 Å². The Bertz CT molecular complexity index is 919. The van der Waals surface area contributed by atoms with Gasteiger partial charge in [-0.15, -0.1) is 0 Å². The molecule has 126 valence electrons. The Morgan fingerprint density at radius 3 is 2.68 bits per heavy atom. The lowest BCUT2D eigenvalue weighted by atomic mass is 10.1. The Morgan fingerprint density at radius 1 is 1.04 bits per heavy atom. The van der Waals surface area contributed by atoms with E-state index in [0.29, 0.717) is 12.6 Å². The molecule has 0 heterocycles. The van der Waals surface area contributed by atoms with E-state index in [1.807, 2.05) is 37.4 Å². The van der Waals surface area contributed by atoms with Crippen LogP contribution in [0.25, 0.3) is 10.8 Å². The number of likely N-dealkylation sites (N-methyl/N-ethyl adjacent to an activating group) is 1. The summed E-state index contributed by atoms with van der Waals surface area (Å²) >= 11 is 0. The lowest BCUT2D eigenvalue weighted by Crippen LogP contribution is -2.32. The highest BCUT2D eigenvalue weighted by Crippen LogP contribution is 2.34. The molecule has 3 nitrogen and oxygen atoms in total. The summed E-state index contributed by atoms with van der Waals surface area (Å²) in [5.74, 6) is 0.0298. The van der Waals surface area contributed by atoms with Gasteiger partial charge in [-0.3, -0.25) is 9.69 Å². The molecule has 0 aliphatic heterocycles. The van der Waals surface area contributed by atoms with E-state index in [1.165, 1.54) is 16.5 Å². The maximum atomic E-state index is 12.5. The highest BCUT2D eigenvalue weighted by molar-refractivity contribution is 5.95. The molecular formula is C22H22N2O. The average Bonchev–Trinajstić information content (AvgIpc) is 3.05. The van der Waals surface area contributed by atoms with Gasteiger partial charge in [0.25, 0.3) is 0 Å². The molecule has 0 saturated heterocycles. The van der Waals surface area contributed by atoms with Gasteiger partial charge in [-0.05, 0) is 53.9 Å². The number of nitrogens with zero attached hydrogens (tertiary/aromatic N) is 1. The normalized spacial score (nSPS) is 16.2. The predicted octanol–water partition coefficient (Wildman–Crippen LogP) is 4.40. The number of benzene rings is 3. The summed E-state index contributed by atoms with van der Waals surface area (Å²) in [6.45, 7) is 0.395. The smallest absolute Gasteiger partial charge is 0.238 e. The molecule has 1 aliphatic rings. The van der Waals surface area contributed by atoms with Crippen molar-refractivity contribution in [1.82, 2.24) is 4.90 Å². The van der Waals surface area contributed by atoms with Crippen molar-refractivity contribution in [3.05, 3.63) is 77.9 Å². The standard InChI is InChI=1S/C22H22N2O/c1-24(21-13-11-17-7-4-5-9-20(17)21)15-22(25)23-19-12-10-16-6-2-3-8-18(16)14-19/h2-10,12,14,21H,11,13,15H2,1H3,(H,23,25)/t21-/m0/s1. The van der Waals surface area contributed by atoms with Crippen LogP contribution in [0, 0.1) is 0 Å². The number of carbonyl (C=O) groups is 1. The molecule has 3 aromatic rings. The summed E-state index contributed by atoms with van der Waals surface area (Å²) in [6.07, 6.45) is 2.18. The van der Waals surface area contributed by atoms with Crippen molar-refractivity contribution in [2.45, 2.75) is 18.9 Å². The number of nitrogens with one attached hydrogen (secondary N) is 1. The Hall–Kier alpha value is -2.65. The zero-order valence-electron chi connectivity index (χ0n) is 14.4. The third-order valence-electron chi connectivity index (χ3n) is 5.06. The van der Waals surface area contributed by atoms with E-state index in [4.69, 9.17) is 0 Å². The van der Waals surface area contributed by atoms with E-state index >= 15 is 0 Å². The summed E-state index contributed by atoms with van der Waals surface area (Å²) < 4.78 is 0. The lowest BCUT2D eigenvalue weighted by molar-refractivity contribution is -0.117. The predicted molar refractivity (Wildman–Crippen MR) is 103 cm³/mol. The number of hydrogen-bond acceptors (Lipinski definition) is 2. The molecule has 0 unspecified atom stereocenters. The molecule has 3 heteroatoms. The number of amides is 1. The highest BCUT2D eigenvalue weighted by atomic mass is 16.2. The zero-order chi connectivity index (χ0) is 17.2. The van der Waals surface area contributed by atoms with Crippen molar-refractivity contribution >= 4 is 22.4 Å². The second-order valence-electron chi connectivity index (χ2n) is 6.78. The molecule has 0 radical (unpaired) electrons. The average molecular weight is 330 g/mol. The van der Waals surface area contributed by atoms with Crippen LogP contribution in [-0.2, 0) is 11.2 Å². The molecule has 1 atom stereocenters. The van der Waals surface area contributed by atoms with Crippen molar-refractivity contribution in [2.24, 2.45) is 0 Å². The quantitative estimate of drug-likeness (QED) is 0.769. The van der Waals surface area contributed by atoms with Gasteiger partial charge in [-0.25, -0.2) is 0 Å². The molecule has 1 aliphatic carbocycles. The van der Waals surface area contributed by atoms with E-state index in [0.717, 1.165) is 23.9 Å². The van der Waals surface area contributed by atoms with E-state index in [1.54, 1.807) is 0 Å². The van der Waals surface area contributed by atoms with Gasteiger partial charge >= 0.3 is 0 Å². The molecule has 0 saturated carbocycles. The summed E-state index contributed by atoms with van der Waals surface area (Å²) in [5, 5.41) is 5.35. The molecule has 0 bridgehead atoms. The minimum Gasteiger partial charge on any atom is -0.325 e. The van der Waals surface area contributed by atoms with Gasteiger partial charge in [0.1, 0.15) is 0 Å². The molecular weight excluding hydrogens is 308 g/mol. The zero-order valence-corrected chi connectivity index (χ0v) is 14.4. The Kier molecular flexibility index (Phi) is 4.24. The van der Waals surface area contributed by atoms with Crippen LogP contribution in [0.5, 0.6) is 0 Å². The van der Waals surface area contributed by atoms with E-state index in [9.17, 15) is 4.79 Å². The fourth-order valence-electron chi connectivity index (χ4n) is 3.80. The van der Waals surface area contributed by atoms with Crippen molar-refractivity contribution in [3.8, 4) is 0 Å². The number of rotatable bonds is 4. The summed E-state index contributed by atoms with van der Waals surface area (Å²) in [6, 6.07) is 23.1. The van der Waals surface area contributed by atoms with Crippen LogP contribution in [0.2, 0.25) is 0 Å². The highest BCUT2D eigenvalue weighted by Gasteiger charge is 2.26. The van der Waals surface area contributed by atoms with Crippen molar-refractivity contribution in [2.75, 3.05) is 18.9 Å². The first kappa shape index (κ1) is 15.9. The topological polar surface area (TPSA) is 32.3 Å². The number of fused-ring (bicyclic) bond motifs is 2. The summed E-state index contributed by atoms with van der Waals surface area (Å²) in [5.41, 5.74) is 3.63. The van der Waals surface area contributed by atoms with Crippen LogP contribution in [0.15, 0.2) is 66.7 Å². The largest absolute Gasteiger partial charge is 0.325 e. The van der Waals surface area contributed by atoms with Crippen LogP contribution in [0.4, 0.5) is 5.69 Å². The Balaban J connectivity index is 1.43. The van der Waals surface area contributed by atoms with Crippen molar-refractivity contribution < 1.29 is 4.79 Å². The lowest BCUT2D eigenvalue weighted by Gasteiger charge is -2.24. The van der Waals surface area contributed by atoms with Crippen molar-refractivity contribution in [1.29, 1.82) is 0 Å². The van der Waals surface area contributed by atoms with Gasteiger partial charge < -0.3 is 5.32 Å². The number of hydrogen-bond donors (Lipinski definition) is 1. The van der Waals surface area contributed by atoms with E-state index in [-0.39, 0.29) is 5.91 Å². The van der Waals surface area contributed by atoms with Crippen molar-refractivity contribution in [3.63, 3.8) is 0 Å². The van der Waals surface area contributed by atoms with E-state index in [2.05, 4.69) is 46.6 Å². The maximum Gasteiger partial charge on any atom is 0.238 e. The first-order chi connectivity index (χ1) is 12.2. The van der Waals surface area contributed by atoms with Gasteiger partial charge in [0.15, 0.2) is 0 Å². The van der Waals surface area contributed by atoms with Crippen LogP contribution in [-0.4, -0.2) is 24.4 Å². The maximum absolute atomic E-state index is 12.5.